The van der Waals surface area contributed by atoms with Crippen LogP contribution in [0, 0.1) is 0 Å². The molecule has 0 aliphatic carbocycles. The number of rotatable bonds is 2. The fourth-order valence-corrected chi connectivity index (χ4v) is 8.34. The molecule has 8 N–H and O–H groups in total. The number of nitrogens with zero attached hydrogens (tertiary/aromatic N) is 6. The van der Waals surface area contributed by atoms with Gasteiger partial charge < -0.3 is 50.1 Å². The first kappa shape index (κ1) is 31.1. The maximum Gasteiger partial charge on any atom is 0.386 e. The van der Waals surface area contributed by atoms with Crippen molar-refractivity contribution in [3.8, 4) is 0 Å². The zero-order chi connectivity index (χ0) is 31.8. The summed E-state index contributed by atoms with van der Waals surface area (Å²) in [6, 6.07) is 1.48. The first-order valence-electron chi connectivity index (χ1n) is 13.1. The average Bonchev–Trinajstić information content (AvgIpc) is 3.72. The molecule has 4 aromatic rings. The lowest BCUT2D eigenvalue weighted by Crippen LogP contribution is -2.36. The summed E-state index contributed by atoms with van der Waals surface area (Å²) in [6.45, 7) is -9.61. The standard InChI is InChI=1S/C21H25N9O11P2S2/c22-15-10-17(28-21(23)27-15)30(6-26-10)19-12(32)13-9(39-19)4-37-43(35,45)41-14-11(31)8(3-36-42(34,44)40-13)38-20(14)29-2-1-7-16(29)24-5-25-18(7)33/h1-2,5-6,8-9,11-14,19-20,31-32H,3-4H2,(H,34,44)(H,35,45)(H,24,25,33)(H4,22,23,27,28)/t8-,9-,11-,12-,13-,14-,19-,20-,42?,43?/m1/s1. The van der Waals surface area contributed by atoms with Crippen molar-refractivity contribution in [3.05, 3.63) is 35.3 Å². The smallest absolute Gasteiger partial charge is 0.386 e. The Morgan fingerprint density at radius 2 is 1.76 bits per heavy atom. The molecule has 3 saturated heterocycles. The molecular formula is C21H25N9O11P2S2. The second kappa shape index (κ2) is 11.3. The average molecular weight is 706 g/mol. The lowest BCUT2D eigenvalue weighted by Gasteiger charge is -2.27. The summed E-state index contributed by atoms with van der Waals surface area (Å²) in [5.41, 5.74) is 11.7. The van der Waals surface area contributed by atoms with E-state index in [2.05, 4.69) is 37.2 Å². The maximum absolute atomic E-state index is 13.4. The molecule has 242 valence electrons. The van der Waals surface area contributed by atoms with Gasteiger partial charge in [-0.3, -0.25) is 22.9 Å². The van der Waals surface area contributed by atoms with Gasteiger partial charge in [0, 0.05) is 6.20 Å². The van der Waals surface area contributed by atoms with Crippen molar-refractivity contribution in [2.24, 2.45) is 0 Å². The lowest BCUT2D eigenvalue weighted by atomic mass is 10.1. The number of nitrogens with one attached hydrogen (secondary N) is 1. The van der Waals surface area contributed by atoms with Gasteiger partial charge in [0.05, 0.1) is 31.3 Å². The lowest BCUT2D eigenvalue weighted by molar-refractivity contribution is -0.0593. The summed E-state index contributed by atoms with van der Waals surface area (Å²) in [7, 11) is 0. The second-order valence-electron chi connectivity index (χ2n) is 10.3. The van der Waals surface area contributed by atoms with Crippen LogP contribution < -0.4 is 17.0 Å². The molecule has 20 nitrogen and oxygen atoms in total. The molecule has 0 aromatic carbocycles. The zero-order valence-corrected chi connectivity index (χ0v) is 26.0. The van der Waals surface area contributed by atoms with Gasteiger partial charge in [-0.15, -0.1) is 0 Å². The van der Waals surface area contributed by atoms with E-state index in [1.54, 1.807) is 0 Å². The van der Waals surface area contributed by atoms with Crippen molar-refractivity contribution in [2.45, 2.75) is 49.1 Å². The predicted molar refractivity (Wildman–Crippen MR) is 159 cm³/mol. The molecule has 3 fully saturated rings. The van der Waals surface area contributed by atoms with Crippen LogP contribution in [-0.2, 0) is 43.9 Å². The minimum atomic E-state index is -4.31. The van der Waals surface area contributed by atoms with Crippen molar-refractivity contribution in [1.29, 1.82) is 0 Å². The molecule has 2 unspecified atom stereocenters. The first-order valence-corrected chi connectivity index (χ1v) is 18.4. The Kier molecular flexibility index (Phi) is 7.80. The summed E-state index contributed by atoms with van der Waals surface area (Å²) in [5, 5.41) is 22.7. The third-order valence-corrected chi connectivity index (χ3v) is 10.6. The van der Waals surface area contributed by atoms with Gasteiger partial charge in [-0.1, -0.05) is 12.2 Å². The summed E-state index contributed by atoms with van der Waals surface area (Å²) in [6.07, 6.45) is -6.83. The predicted octanol–water partition coefficient (Wildman–Crippen LogP) is -0.683. The van der Waals surface area contributed by atoms with Crippen molar-refractivity contribution in [3.63, 3.8) is 0 Å². The Labute approximate surface area is 261 Å². The van der Waals surface area contributed by atoms with E-state index < -0.39 is 81.4 Å². The van der Waals surface area contributed by atoms with Gasteiger partial charge in [-0.25, -0.2) is 14.5 Å². The highest BCUT2D eigenvalue weighted by Gasteiger charge is 2.52. The number of nitrogens with two attached hydrogens (primary N) is 2. The van der Waals surface area contributed by atoms with Gasteiger partial charge in [0.2, 0.25) is 5.95 Å². The number of nitrogen functional groups attached to an aromatic ring is 2. The van der Waals surface area contributed by atoms with Gasteiger partial charge in [-0.05, 0) is 17.9 Å². The monoisotopic (exact) mass is 705 g/mol. The van der Waals surface area contributed by atoms with E-state index in [9.17, 15) is 24.5 Å². The third kappa shape index (κ3) is 5.58. The maximum atomic E-state index is 13.4. The van der Waals surface area contributed by atoms with Crippen LogP contribution >= 0.6 is 25.8 Å². The van der Waals surface area contributed by atoms with E-state index in [1.165, 1.54) is 34.1 Å². The van der Waals surface area contributed by atoms with Crippen LogP contribution in [0.25, 0.3) is 22.2 Å². The molecule has 3 aliphatic heterocycles. The van der Waals surface area contributed by atoms with Gasteiger partial charge >= 0.3 is 13.5 Å². The topological polar surface area (TPSA) is 279 Å². The number of aliphatic hydroxyl groups excluding tert-OH is 2. The quantitative estimate of drug-likeness (QED) is 0.100. The fraction of sp³-hybridized carbons (Fsp3) is 0.476. The number of thiol groups is 1. The van der Waals surface area contributed by atoms with E-state index in [0.29, 0.717) is 0 Å². The van der Waals surface area contributed by atoms with Crippen LogP contribution in [0.4, 0.5) is 11.8 Å². The molecule has 4 aromatic heterocycles. The van der Waals surface area contributed by atoms with Crippen LogP contribution in [-0.4, -0.2) is 99.0 Å². The number of aromatic amines is 1. The SMILES string of the molecule is Nc1nc(N)c2ncn([C@@H]3O[C@@H]4COP(O)(=S)O[C@@H]5[C@H](O)[C@@H](COP(=O)(S)O[C@H]4[C@H]3O)O[C@H]5n3ccc4c(=O)[nH]cnc43)c2n1. The number of imidazole rings is 1. The zero-order valence-electron chi connectivity index (χ0n) is 22.5. The third-order valence-electron chi connectivity index (χ3n) is 7.46. The number of hydrogen-bond donors (Lipinski definition) is 7. The number of ether oxygens (including phenoxy) is 2. The molecule has 10 atom stereocenters. The van der Waals surface area contributed by atoms with Crippen molar-refractivity contribution >= 4 is 71.5 Å². The number of H-pyrrole nitrogens is 1. The van der Waals surface area contributed by atoms with Crippen LogP contribution in [0.5, 0.6) is 0 Å². The molecular weight excluding hydrogens is 680 g/mol. The molecule has 0 saturated carbocycles. The van der Waals surface area contributed by atoms with E-state index >= 15 is 0 Å². The van der Waals surface area contributed by atoms with Gasteiger partial charge in [0.1, 0.15) is 47.8 Å². The van der Waals surface area contributed by atoms with Crippen molar-refractivity contribution < 1.29 is 47.2 Å². The van der Waals surface area contributed by atoms with Crippen LogP contribution in [0.15, 0.2) is 29.7 Å². The molecule has 7 rings (SSSR count). The highest BCUT2D eigenvalue weighted by atomic mass is 32.7. The Hall–Kier alpha value is -2.56. The highest BCUT2D eigenvalue weighted by Crippen LogP contribution is 2.58. The molecule has 45 heavy (non-hydrogen) atoms. The van der Waals surface area contributed by atoms with E-state index in [4.69, 9.17) is 50.8 Å². The summed E-state index contributed by atoms with van der Waals surface area (Å²) >= 11 is 9.33. The Morgan fingerprint density at radius 3 is 2.56 bits per heavy atom. The highest BCUT2D eigenvalue weighted by molar-refractivity contribution is 8.44. The number of aliphatic hydroxyl groups is 2. The number of hydrogen-bond acceptors (Lipinski definition) is 17. The Bertz CT molecular complexity index is 1940. The van der Waals surface area contributed by atoms with Gasteiger partial charge in [0.25, 0.3) is 5.56 Å². The summed E-state index contributed by atoms with van der Waals surface area (Å²) in [4.78, 5) is 42.1. The summed E-state index contributed by atoms with van der Waals surface area (Å²) in [5.74, 6) is -0.166. The number of aromatic nitrogens is 7. The Morgan fingerprint density at radius 1 is 1.00 bits per heavy atom. The molecule has 24 heteroatoms. The number of fused-ring (bicyclic) bond motifs is 5. The normalized spacial score (nSPS) is 37.7. The molecule has 0 spiro atoms. The second-order valence-corrected chi connectivity index (χ2v) is 15.9. The van der Waals surface area contributed by atoms with Crippen LogP contribution in [0.1, 0.15) is 12.5 Å². The van der Waals surface area contributed by atoms with E-state index in [0.717, 1.165) is 0 Å². The molecule has 7 heterocycles. The largest absolute Gasteiger partial charge is 0.387 e. The minimum Gasteiger partial charge on any atom is -0.387 e. The van der Waals surface area contributed by atoms with Gasteiger partial charge in [-0.2, -0.15) is 9.97 Å². The van der Waals surface area contributed by atoms with Gasteiger partial charge in [0.15, 0.2) is 23.9 Å². The number of anilines is 2. The van der Waals surface area contributed by atoms with Crippen molar-refractivity contribution in [1.82, 2.24) is 34.1 Å². The molecule has 0 radical (unpaired) electrons. The summed E-state index contributed by atoms with van der Waals surface area (Å²) < 4.78 is 50.6. The first-order chi connectivity index (χ1) is 21.3. The van der Waals surface area contributed by atoms with E-state index in [-0.39, 0.29) is 34.0 Å². The van der Waals surface area contributed by atoms with E-state index in [1.807, 2.05) is 0 Å². The fourth-order valence-electron chi connectivity index (χ4n) is 5.44. The minimum absolute atomic E-state index is 0.00918. The van der Waals surface area contributed by atoms with Crippen LogP contribution in [0.3, 0.4) is 0 Å². The molecule has 2 bridgehead atoms. The molecule has 0 amide bonds. The van der Waals surface area contributed by atoms with Crippen molar-refractivity contribution in [2.75, 3.05) is 24.7 Å². The van der Waals surface area contributed by atoms with Crippen LogP contribution in [0.2, 0.25) is 0 Å². The molecule has 3 aliphatic rings. The Balaban J connectivity index is 1.21.